The predicted molar refractivity (Wildman–Crippen MR) is 61.6 cm³/mol. The van der Waals surface area contributed by atoms with Crippen molar-refractivity contribution in [3.63, 3.8) is 0 Å². The quantitative estimate of drug-likeness (QED) is 0.200. The Morgan fingerprint density at radius 2 is 1.88 bits per heavy atom. The second-order valence-electron chi connectivity index (χ2n) is 3.57. The lowest BCUT2D eigenvalue weighted by Gasteiger charge is -2.16. The zero-order chi connectivity index (χ0) is 13.4. The Hall–Kier alpha value is -1.83. The van der Waals surface area contributed by atoms with Gasteiger partial charge in [0.05, 0.1) is 0 Å². The van der Waals surface area contributed by atoms with E-state index >= 15 is 0 Å². The molecule has 7 N–H and O–H groups in total. The van der Waals surface area contributed by atoms with Crippen LogP contribution in [-0.4, -0.2) is 46.7 Å². The second-order valence-corrected chi connectivity index (χ2v) is 3.57. The second kappa shape index (κ2) is 7.44. The predicted octanol–water partition coefficient (Wildman–Crippen LogP) is -1.44. The molecule has 8 heteroatoms. The summed E-state index contributed by atoms with van der Waals surface area (Å²) in [6.45, 7) is 1.70. The molecular formula is C9H18N4O4. The average Bonchev–Trinajstić information content (AvgIpc) is 2.21. The van der Waals surface area contributed by atoms with Gasteiger partial charge in [-0.05, 0) is 19.8 Å². The van der Waals surface area contributed by atoms with Gasteiger partial charge in [0.2, 0.25) is 0 Å². The van der Waals surface area contributed by atoms with Gasteiger partial charge in [-0.2, -0.15) is 0 Å². The molecule has 17 heavy (non-hydrogen) atoms. The summed E-state index contributed by atoms with van der Waals surface area (Å²) in [7, 11) is 0. The van der Waals surface area contributed by atoms with Crippen molar-refractivity contribution in [1.29, 1.82) is 0 Å². The molecule has 0 saturated carbocycles. The van der Waals surface area contributed by atoms with Crippen LogP contribution in [0, 0.1) is 0 Å². The number of carboxylic acids is 2. The van der Waals surface area contributed by atoms with Gasteiger partial charge in [0.25, 0.3) is 0 Å². The van der Waals surface area contributed by atoms with Crippen molar-refractivity contribution in [2.24, 2.45) is 16.5 Å². The highest BCUT2D eigenvalue weighted by atomic mass is 16.4. The summed E-state index contributed by atoms with van der Waals surface area (Å²) < 4.78 is 0. The largest absolute Gasteiger partial charge is 0.480 e. The number of nitrogens with one attached hydrogen (secondary N) is 1. The molecule has 0 bridgehead atoms. The number of nitrogens with two attached hydrogens (primary N) is 2. The van der Waals surface area contributed by atoms with Crippen LogP contribution in [0.15, 0.2) is 4.99 Å². The van der Waals surface area contributed by atoms with Crippen molar-refractivity contribution in [1.82, 2.24) is 5.32 Å². The van der Waals surface area contributed by atoms with Crippen molar-refractivity contribution in [2.45, 2.75) is 31.8 Å². The molecule has 0 radical (unpaired) electrons. The van der Waals surface area contributed by atoms with E-state index in [0.717, 1.165) is 0 Å². The maximum absolute atomic E-state index is 10.8. The minimum absolute atomic E-state index is 0.0521. The fourth-order valence-electron chi connectivity index (χ4n) is 1.15. The zero-order valence-electron chi connectivity index (χ0n) is 9.59. The van der Waals surface area contributed by atoms with E-state index in [4.69, 9.17) is 21.7 Å². The Morgan fingerprint density at radius 1 is 1.29 bits per heavy atom. The van der Waals surface area contributed by atoms with Gasteiger partial charge in [0, 0.05) is 6.54 Å². The normalized spacial score (nSPS) is 13.7. The first-order valence-electron chi connectivity index (χ1n) is 5.11. The monoisotopic (exact) mass is 246 g/mol. The van der Waals surface area contributed by atoms with Crippen LogP contribution in [0.1, 0.15) is 19.8 Å². The number of carbonyl (C=O) groups is 2. The lowest BCUT2D eigenvalue weighted by Crippen LogP contribution is -2.45. The average molecular weight is 246 g/mol. The number of aliphatic carboxylic acids is 2. The molecule has 0 amide bonds. The fourth-order valence-corrected chi connectivity index (χ4v) is 1.15. The number of rotatable bonds is 8. The smallest absolute Gasteiger partial charge is 0.320 e. The van der Waals surface area contributed by atoms with Crippen LogP contribution in [0.5, 0.6) is 0 Å². The summed E-state index contributed by atoms with van der Waals surface area (Å²) in [6, 6.07) is -1.84. The molecule has 0 aromatic rings. The minimum Gasteiger partial charge on any atom is -0.480 e. The lowest BCUT2D eigenvalue weighted by atomic mass is 10.1. The first-order chi connectivity index (χ1) is 7.84. The van der Waals surface area contributed by atoms with Gasteiger partial charge >= 0.3 is 11.9 Å². The number of guanidine groups is 1. The molecule has 0 aliphatic heterocycles. The summed E-state index contributed by atoms with van der Waals surface area (Å²) in [5.41, 5.74) is 10.2. The van der Waals surface area contributed by atoms with Gasteiger partial charge in [-0.1, -0.05) is 0 Å². The minimum atomic E-state index is -1.10. The SMILES string of the molecule is CC(NC(CCCN=C(N)N)C(=O)O)C(=O)O. The Bertz CT molecular complexity index is 301. The van der Waals surface area contributed by atoms with Gasteiger partial charge < -0.3 is 21.7 Å². The molecule has 0 fully saturated rings. The highest BCUT2D eigenvalue weighted by molar-refractivity contribution is 5.77. The summed E-state index contributed by atoms with van der Waals surface area (Å²) >= 11 is 0. The number of nitrogens with zero attached hydrogens (tertiary/aromatic N) is 1. The Labute approximate surface area is 98.7 Å². The van der Waals surface area contributed by atoms with Crippen LogP contribution >= 0.6 is 0 Å². The van der Waals surface area contributed by atoms with Gasteiger partial charge in [-0.25, -0.2) is 0 Å². The first kappa shape index (κ1) is 15.2. The van der Waals surface area contributed by atoms with Crippen molar-refractivity contribution >= 4 is 17.9 Å². The van der Waals surface area contributed by atoms with Crippen LogP contribution in [-0.2, 0) is 9.59 Å². The van der Waals surface area contributed by atoms with Crippen molar-refractivity contribution in [2.75, 3.05) is 6.54 Å². The molecule has 0 saturated heterocycles. The molecule has 98 valence electrons. The molecule has 2 atom stereocenters. The van der Waals surface area contributed by atoms with E-state index in [1.54, 1.807) is 0 Å². The third kappa shape index (κ3) is 7.12. The maximum Gasteiger partial charge on any atom is 0.320 e. The van der Waals surface area contributed by atoms with Crippen LogP contribution < -0.4 is 16.8 Å². The van der Waals surface area contributed by atoms with E-state index in [0.29, 0.717) is 13.0 Å². The van der Waals surface area contributed by atoms with Crippen molar-refractivity contribution in [3.8, 4) is 0 Å². The first-order valence-corrected chi connectivity index (χ1v) is 5.11. The number of hydrogen-bond donors (Lipinski definition) is 5. The van der Waals surface area contributed by atoms with Crippen LogP contribution in [0.4, 0.5) is 0 Å². The zero-order valence-corrected chi connectivity index (χ0v) is 9.59. The Kier molecular flexibility index (Phi) is 6.64. The Morgan fingerprint density at radius 3 is 2.29 bits per heavy atom. The molecule has 0 spiro atoms. The topological polar surface area (TPSA) is 151 Å². The summed E-state index contributed by atoms with van der Waals surface area (Å²) in [4.78, 5) is 25.1. The van der Waals surface area contributed by atoms with E-state index in [1.165, 1.54) is 6.92 Å². The van der Waals surface area contributed by atoms with Crippen LogP contribution in [0.25, 0.3) is 0 Å². The highest BCUT2D eigenvalue weighted by Gasteiger charge is 2.21. The highest BCUT2D eigenvalue weighted by Crippen LogP contribution is 2.00. The number of aliphatic imine (C=N–C) groups is 1. The van der Waals surface area contributed by atoms with Gasteiger partial charge in [-0.15, -0.1) is 0 Å². The molecule has 8 nitrogen and oxygen atoms in total. The Balaban J connectivity index is 4.12. The number of hydrogen-bond acceptors (Lipinski definition) is 4. The maximum atomic E-state index is 10.8. The standard InChI is InChI=1S/C9H18N4O4/c1-5(7(14)15)13-6(8(16)17)3-2-4-12-9(10)11/h5-6,13H,2-4H2,1H3,(H,14,15)(H,16,17)(H4,10,11,12). The van der Waals surface area contributed by atoms with E-state index in [9.17, 15) is 9.59 Å². The third-order valence-corrected chi connectivity index (χ3v) is 2.06. The van der Waals surface area contributed by atoms with Gasteiger partial charge in [-0.3, -0.25) is 19.9 Å². The van der Waals surface area contributed by atoms with Crippen molar-refractivity contribution < 1.29 is 19.8 Å². The van der Waals surface area contributed by atoms with E-state index in [2.05, 4.69) is 10.3 Å². The molecule has 0 aromatic carbocycles. The molecule has 0 heterocycles. The number of carboxylic acid groups (broad SMARTS) is 2. The third-order valence-electron chi connectivity index (χ3n) is 2.06. The van der Waals surface area contributed by atoms with Crippen LogP contribution in [0.2, 0.25) is 0 Å². The molecule has 0 aliphatic carbocycles. The summed E-state index contributed by atoms with van der Waals surface area (Å²) in [5, 5.41) is 20.0. The fraction of sp³-hybridized carbons (Fsp3) is 0.667. The van der Waals surface area contributed by atoms with Gasteiger partial charge in [0.15, 0.2) is 5.96 Å². The van der Waals surface area contributed by atoms with E-state index < -0.39 is 24.0 Å². The lowest BCUT2D eigenvalue weighted by molar-refractivity contribution is -0.142. The molecule has 0 aliphatic rings. The van der Waals surface area contributed by atoms with Crippen LogP contribution in [0.3, 0.4) is 0 Å². The molecular weight excluding hydrogens is 228 g/mol. The summed E-state index contributed by atoms with van der Waals surface area (Å²) in [6.07, 6.45) is 0.706. The van der Waals surface area contributed by atoms with Gasteiger partial charge in [0.1, 0.15) is 12.1 Å². The molecule has 2 unspecified atom stereocenters. The van der Waals surface area contributed by atoms with Crippen molar-refractivity contribution in [3.05, 3.63) is 0 Å². The summed E-state index contributed by atoms with van der Waals surface area (Å²) in [5.74, 6) is -2.24. The van der Waals surface area contributed by atoms with E-state index in [-0.39, 0.29) is 12.4 Å². The molecule has 0 aromatic heterocycles. The molecule has 0 rings (SSSR count). The van der Waals surface area contributed by atoms with E-state index in [1.807, 2.05) is 0 Å².